The van der Waals surface area contributed by atoms with E-state index in [4.69, 9.17) is 0 Å². The number of aryl methyl sites for hydroxylation is 1. The van der Waals surface area contributed by atoms with Gasteiger partial charge in [-0.25, -0.2) is 4.98 Å². The average molecular weight is 265 g/mol. The Morgan fingerprint density at radius 1 is 1.21 bits per heavy atom. The summed E-state index contributed by atoms with van der Waals surface area (Å²) >= 11 is 0. The molecule has 19 heavy (non-hydrogen) atoms. The number of nitrogens with one attached hydrogen (secondary N) is 1. The van der Waals surface area contributed by atoms with Gasteiger partial charge >= 0.3 is 6.55 Å². The van der Waals surface area contributed by atoms with E-state index in [1.165, 1.54) is 23.5 Å². The first kappa shape index (κ1) is 13.7. The first-order valence-electron chi connectivity index (χ1n) is 6.29. The number of alkyl halides is 2. The minimum absolute atomic E-state index is 0.329. The zero-order chi connectivity index (χ0) is 13.7. The van der Waals surface area contributed by atoms with Gasteiger partial charge < -0.3 is 5.32 Å². The molecule has 0 saturated carbocycles. The van der Waals surface area contributed by atoms with Crippen LogP contribution in [-0.2, 0) is 19.5 Å². The second-order valence-electron chi connectivity index (χ2n) is 4.25. The zero-order valence-electron chi connectivity index (χ0n) is 10.8. The van der Waals surface area contributed by atoms with Crippen molar-refractivity contribution in [1.29, 1.82) is 0 Å². The van der Waals surface area contributed by atoms with Crippen molar-refractivity contribution in [2.24, 2.45) is 0 Å². The molecule has 0 radical (unpaired) electrons. The molecule has 0 aliphatic rings. The standard InChI is InChI=1S/C14H17F2N3/c1-2-11-5-3-4-6-12(11)9-17-10-13-18-7-8-19(13)14(15)16/h3-8,14,17H,2,9-10H2,1H3. The summed E-state index contributed by atoms with van der Waals surface area (Å²) in [5, 5.41) is 3.16. The lowest BCUT2D eigenvalue weighted by atomic mass is 10.1. The molecule has 0 amide bonds. The van der Waals surface area contributed by atoms with Crippen LogP contribution in [0.5, 0.6) is 0 Å². The first-order valence-corrected chi connectivity index (χ1v) is 6.29. The number of halogens is 2. The lowest BCUT2D eigenvalue weighted by molar-refractivity contribution is 0.0666. The van der Waals surface area contributed by atoms with Gasteiger partial charge in [0.1, 0.15) is 5.82 Å². The summed E-state index contributed by atoms with van der Waals surface area (Å²) in [6.07, 6.45) is 3.65. The number of rotatable bonds is 6. The van der Waals surface area contributed by atoms with E-state index >= 15 is 0 Å². The molecule has 0 atom stereocenters. The molecule has 5 heteroatoms. The van der Waals surface area contributed by atoms with Gasteiger partial charge in [0.2, 0.25) is 0 Å². The second kappa shape index (κ2) is 6.43. The van der Waals surface area contributed by atoms with E-state index < -0.39 is 6.55 Å². The van der Waals surface area contributed by atoms with Crippen LogP contribution in [0.1, 0.15) is 30.4 Å². The number of nitrogens with zero attached hydrogens (tertiary/aromatic N) is 2. The fourth-order valence-electron chi connectivity index (χ4n) is 2.04. The highest BCUT2D eigenvalue weighted by Gasteiger charge is 2.10. The Morgan fingerprint density at radius 3 is 2.63 bits per heavy atom. The first-order chi connectivity index (χ1) is 9.22. The van der Waals surface area contributed by atoms with E-state index in [-0.39, 0.29) is 0 Å². The third-order valence-corrected chi connectivity index (χ3v) is 3.06. The monoisotopic (exact) mass is 265 g/mol. The van der Waals surface area contributed by atoms with Crippen molar-refractivity contribution < 1.29 is 8.78 Å². The molecule has 0 unspecified atom stereocenters. The van der Waals surface area contributed by atoms with Gasteiger partial charge in [-0.3, -0.25) is 4.57 Å². The molecule has 0 fully saturated rings. The molecule has 2 aromatic rings. The zero-order valence-corrected chi connectivity index (χ0v) is 10.8. The van der Waals surface area contributed by atoms with Crippen LogP contribution < -0.4 is 5.32 Å². The van der Waals surface area contributed by atoms with Crippen molar-refractivity contribution in [2.75, 3.05) is 0 Å². The van der Waals surface area contributed by atoms with Gasteiger partial charge in [0.25, 0.3) is 0 Å². The number of benzene rings is 1. The lowest BCUT2D eigenvalue weighted by Gasteiger charge is -2.10. The quantitative estimate of drug-likeness (QED) is 0.869. The molecule has 0 aliphatic heterocycles. The number of hydrogen-bond donors (Lipinski definition) is 1. The van der Waals surface area contributed by atoms with Gasteiger partial charge in [-0.15, -0.1) is 0 Å². The summed E-state index contributed by atoms with van der Waals surface area (Å²) in [7, 11) is 0. The molecule has 1 aromatic heterocycles. The van der Waals surface area contributed by atoms with Gasteiger partial charge in [0.05, 0.1) is 6.54 Å². The Morgan fingerprint density at radius 2 is 1.95 bits per heavy atom. The average Bonchev–Trinajstić information content (AvgIpc) is 2.88. The maximum absolute atomic E-state index is 12.6. The van der Waals surface area contributed by atoms with Crippen molar-refractivity contribution in [3.63, 3.8) is 0 Å². The van der Waals surface area contributed by atoms with Crippen LogP contribution in [-0.4, -0.2) is 9.55 Å². The Hall–Kier alpha value is -1.75. The normalized spacial score (nSPS) is 11.2. The molecular formula is C14H17F2N3. The number of aromatic nitrogens is 2. The largest absolute Gasteiger partial charge is 0.319 e. The molecule has 1 N–H and O–H groups in total. The summed E-state index contributed by atoms with van der Waals surface area (Å²) in [4.78, 5) is 3.93. The fourth-order valence-corrected chi connectivity index (χ4v) is 2.04. The highest BCUT2D eigenvalue weighted by molar-refractivity contribution is 5.26. The van der Waals surface area contributed by atoms with Crippen LogP contribution in [0.15, 0.2) is 36.7 Å². The SMILES string of the molecule is CCc1ccccc1CNCc1nccn1C(F)F. The summed E-state index contributed by atoms with van der Waals surface area (Å²) in [5.74, 6) is 0.351. The van der Waals surface area contributed by atoms with Crippen molar-refractivity contribution >= 4 is 0 Å². The van der Waals surface area contributed by atoms with Crippen molar-refractivity contribution in [1.82, 2.24) is 14.9 Å². The van der Waals surface area contributed by atoms with Crippen LogP contribution in [0.25, 0.3) is 0 Å². The molecule has 3 nitrogen and oxygen atoms in total. The van der Waals surface area contributed by atoms with E-state index in [9.17, 15) is 8.78 Å². The third-order valence-electron chi connectivity index (χ3n) is 3.06. The minimum Gasteiger partial charge on any atom is -0.306 e. The molecule has 1 aromatic carbocycles. The Labute approximate surface area is 111 Å². The molecule has 102 valence electrons. The third kappa shape index (κ3) is 3.38. The van der Waals surface area contributed by atoms with E-state index in [1.54, 1.807) is 0 Å². The lowest BCUT2D eigenvalue weighted by Crippen LogP contribution is -2.17. The second-order valence-corrected chi connectivity index (χ2v) is 4.25. The Kier molecular flexibility index (Phi) is 4.63. The fraction of sp³-hybridized carbons (Fsp3) is 0.357. The van der Waals surface area contributed by atoms with Crippen LogP contribution >= 0.6 is 0 Å². The molecule has 1 heterocycles. The van der Waals surface area contributed by atoms with Crippen molar-refractivity contribution in [3.8, 4) is 0 Å². The maximum Gasteiger partial charge on any atom is 0.319 e. The van der Waals surface area contributed by atoms with Gasteiger partial charge in [-0.1, -0.05) is 31.2 Å². The number of imidazole rings is 1. The molecule has 0 saturated heterocycles. The van der Waals surface area contributed by atoms with Gasteiger partial charge in [0.15, 0.2) is 0 Å². The van der Waals surface area contributed by atoms with Gasteiger partial charge in [0, 0.05) is 18.9 Å². The van der Waals surface area contributed by atoms with Gasteiger partial charge in [-0.05, 0) is 17.5 Å². The predicted molar refractivity (Wildman–Crippen MR) is 69.8 cm³/mol. The molecule has 0 spiro atoms. The molecule has 0 aliphatic carbocycles. The summed E-state index contributed by atoms with van der Waals surface area (Å²) in [6, 6.07) is 8.12. The van der Waals surface area contributed by atoms with E-state index in [1.807, 2.05) is 18.2 Å². The Balaban J connectivity index is 1.95. The highest BCUT2D eigenvalue weighted by Crippen LogP contribution is 2.13. The maximum atomic E-state index is 12.6. The van der Waals surface area contributed by atoms with Gasteiger partial charge in [-0.2, -0.15) is 8.78 Å². The van der Waals surface area contributed by atoms with E-state index in [2.05, 4.69) is 23.3 Å². The summed E-state index contributed by atoms with van der Waals surface area (Å²) < 4.78 is 26.1. The highest BCUT2D eigenvalue weighted by atomic mass is 19.3. The predicted octanol–water partition coefficient (Wildman–Crippen LogP) is 3.13. The van der Waals surface area contributed by atoms with Crippen molar-refractivity contribution in [3.05, 3.63) is 53.6 Å². The summed E-state index contributed by atoms with van der Waals surface area (Å²) in [6.45, 7) is 0.542. The molecule has 0 bridgehead atoms. The van der Waals surface area contributed by atoms with Crippen LogP contribution in [0.4, 0.5) is 8.78 Å². The van der Waals surface area contributed by atoms with E-state index in [0.717, 1.165) is 11.0 Å². The van der Waals surface area contributed by atoms with Crippen LogP contribution in [0.3, 0.4) is 0 Å². The molecule has 2 rings (SSSR count). The minimum atomic E-state index is -2.54. The Bertz CT molecular complexity index is 523. The summed E-state index contributed by atoms with van der Waals surface area (Å²) in [5.41, 5.74) is 2.47. The van der Waals surface area contributed by atoms with Crippen LogP contribution in [0, 0.1) is 0 Å². The number of hydrogen-bond acceptors (Lipinski definition) is 2. The topological polar surface area (TPSA) is 29.9 Å². The van der Waals surface area contributed by atoms with Crippen molar-refractivity contribution in [2.45, 2.75) is 33.0 Å². The van der Waals surface area contributed by atoms with E-state index in [0.29, 0.717) is 18.9 Å². The molecular weight excluding hydrogens is 248 g/mol. The van der Waals surface area contributed by atoms with Crippen LogP contribution in [0.2, 0.25) is 0 Å². The smallest absolute Gasteiger partial charge is 0.306 e.